The predicted molar refractivity (Wildman–Crippen MR) is 173 cm³/mol. The van der Waals surface area contributed by atoms with Gasteiger partial charge in [0.2, 0.25) is 0 Å². The van der Waals surface area contributed by atoms with E-state index >= 15 is 0 Å². The minimum Gasteiger partial charge on any atom is -0.415 e. The van der Waals surface area contributed by atoms with E-state index < -0.39 is 8.32 Å². The van der Waals surface area contributed by atoms with E-state index in [1.165, 1.54) is 0 Å². The maximum Gasteiger partial charge on any atom is 0.183 e. The topological polar surface area (TPSA) is 120 Å². The molecule has 0 aliphatic carbocycles. The average molecular weight is 726 g/mol. The second kappa shape index (κ2) is 37.6. The number of alkyl halides is 1. The van der Waals surface area contributed by atoms with Crippen LogP contribution < -0.4 is 0 Å². The van der Waals surface area contributed by atoms with Crippen LogP contribution in [-0.4, -0.2) is 179 Å². The lowest BCUT2D eigenvalue weighted by Crippen LogP contribution is -2.27. The van der Waals surface area contributed by atoms with Gasteiger partial charge in [-0.2, -0.15) is 0 Å². The third-order valence-electron chi connectivity index (χ3n) is 5.08. The van der Waals surface area contributed by atoms with Crippen LogP contribution in [0.5, 0.6) is 0 Å². The molecule has 0 fully saturated rings. The van der Waals surface area contributed by atoms with Crippen molar-refractivity contribution in [1.29, 1.82) is 0 Å². The second-order valence-electron chi connectivity index (χ2n) is 10.00. The molecule has 0 bridgehead atoms. The van der Waals surface area contributed by atoms with Crippen LogP contribution in [0.2, 0.25) is 19.6 Å². The van der Waals surface area contributed by atoms with Crippen LogP contribution in [0.15, 0.2) is 0 Å². The molecule has 0 aromatic heterocycles. The Kier molecular flexibility index (Phi) is 37.8. The Labute approximate surface area is 275 Å². The van der Waals surface area contributed by atoms with Gasteiger partial charge < -0.3 is 61.3 Å². The number of rotatable bonds is 39. The molecule has 0 saturated carbocycles. The summed E-state index contributed by atoms with van der Waals surface area (Å²) in [5, 5.41) is 0.838. The van der Waals surface area contributed by atoms with E-state index in [0.29, 0.717) is 165 Å². The van der Waals surface area contributed by atoms with Gasteiger partial charge in [0.05, 0.1) is 165 Å². The zero-order valence-corrected chi connectivity index (χ0v) is 30.2. The van der Waals surface area contributed by atoms with E-state index in [0.717, 1.165) is 5.33 Å². The first-order valence-corrected chi connectivity index (χ1v) is 20.2. The molecule has 0 aromatic rings. The van der Waals surface area contributed by atoms with Gasteiger partial charge in [0, 0.05) is 5.33 Å². The summed E-state index contributed by atoms with van der Waals surface area (Å²) in [5.41, 5.74) is 0. The summed E-state index contributed by atoms with van der Waals surface area (Å²) in [6.45, 7) is 20.2. The molecule has 0 N–H and O–H groups in total. The van der Waals surface area contributed by atoms with Crippen molar-refractivity contribution in [3.63, 3.8) is 0 Å². The molecule has 0 atom stereocenters. The Morgan fingerprint density at radius 1 is 0.273 bits per heavy atom. The van der Waals surface area contributed by atoms with Crippen molar-refractivity contribution in [2.75, 3.05) is 171 Å². The zero-order valence-electron chi connectivity index (χ0n) is 27.6. The number of hydrogen-bond acceptors (Lipinski definition) is 13. The van der Waals surface area contributed by atoms with Crippen molar-refractivity contribution in [2.45, 2.75) is 19.6 Å². The van der Waals surface area contributed by atoms with Gasteiger partial charge >= 0.3 is 0 Å². The molecule has 15 heteroatoms. The maximum atomic E-state index is 5.71. The number of hydrogen-bond donors (Lipinski definition) is 0. The Hall–Kier alpha value is 0.177. The summed E-state index contributed by atoms with van der Waals surface area (Å²) in [7, 11) is -1.45. The lowest BCUT2D eigenvalue weighted by Gasteiger charge is -2.16. The highest BCUT2D eigenvalue weighted by atomic mass is 79.9. The minimum atomic E-state index is -1.45. The fourth-order valence-electron chi connectivity index (χ4n) is 2.98. The molecule has 44 heavy (non-hydrogen) atoms. The maximum absolute atomic E-state index is 5.71. The molecule has 0 rings (SSSR count). The van der Waals surface area contributed by atoms with Gasteiger partial charge in [-0.05, 0) is 19.6 Å². The highest BCUT2D eigenvalue weighted by molar-refractivity contribution is 9.09. The molecule has 0 unspecified atom stereocenters. The van der Waals surface area contributed by atoms with Gasteiger partial charge in [0.1, 0.15) is 0 Å². The largest absolute Gasteiger partial charge is 0.415 e. The molecule has 0 spiro atoms. The van der Waals surface area contributed by atoms with Crippen molar-refractivity contribution in [3.05, 3.63) is 0 Å². The molecule has 0 aromatic carbocycles. The van der Waals surface area contributed by atoms with Gasteiger partial charge in [0.15, 0.2) is 8.32 Å². The van der Waals surface area contributed by atoms with Gasteiger partial charge in [-0.1, -0.05) is 15.9 Å². The van der Waals surface area contributed by atoms with E-state index in [2.05, 4.69) is 35.6 Å². The summed E-state index contributed by atoms with van der Waals surface area (Å²) >= 11 is 3.30. The highest BCUT2D eigenvalue weighted by Gasteiger charge is 2.13. The normalized spacial score (nSPS) is 12.0. The average Bonchev–Trinajstić information content (AvgIpc) is 3.00. The van der Waals surface area contributed by atoms with Gasteiger partial charge in [-0.3, -0.25) is 0 Å². The fourth-order valence-corrected chi connectivity index (χ4v) is 3.91. The lowest BCUT2D eigenvalue weighted by molar-refractivity contribution is -0.0284. The van der Waals surface area contributed by atoms with Crippen LogP contribution in [0.3, 0.4) is 0 Å². The standard InChI is InChI=1S/C29H61BrO13Si/c1-44(2,3)43-29-28-42-27-26-41-25-24-40-23-22-39-21-20-38-19-18-37-17-16-36-15-14-35-13-12-34-11-10-33-9-8-32-7-6-31-5-4-30/h4-29H2,1-3H3. The van der Waals surface area contributed by atoms with E-state index in [1.54, 1.807) is 0 Å². The first kappa shape index (κ1) is 44.2. The molecular formula is C29H61BrO13Si. The molecule has 0 aliphatic rings. The monoisotopic (exact) mass is 724 g/mol. The van der Waals surface area contributed by atoms with Gasteiger partial charge in [-0.25, -0.2) is 0 Å². The Morgan fingerprint density at radius 3 is 0.591 bits per heavy atom. The van der Waals surface area contributed by atoms with Crippen molar-refractivity contribution >= 4 is 24.2 Å². The molecular weight excluding hydrogens is 664 g/mol. The second-order valence-corrected chi connectivity index (χ2v) is 15.3. The molecule has 0 saturated heterocycles. The minimum absolute atomic E-state index is 0.515. The Bertz CT molecular complexity index is 536. The summed E-state index contributed by atoms with van der Waals surface area (Å²) < 4.78 is 71.1. The Morgan fingerprint density at radius 2 is 0.432 bits per heavy atom. The van der Waals surface area contributed by atoms with Crippen LogP contribution in [0.1, 0.15) is 0 Å². The van der Waals surface area contributed by atoms with Crippen LogP contribution in [0.25, 0.3) is 0 Å². The van der Waals surface area contributed by atoms with E-state index in [4.69, 9.17) is 61.3 Å². The predicted octanol–water partition coefficient (Wildman–Crippen LogP) is 2.43. The van der Waals surface area contributed by atoms with Crippen LogP contribution in [0, 0.1) is 0 Å². The van der Waals surface area contributed by atoms with Gasteiger partial charge in [0.25, 0.3) is 0 Å². The van der Waals surface area contributed by atoms with Crippen molar-refractivity contribution < 1.29 is 61.3 Å². The van der Waals surface area contributed by atoms with Crippen molar-refractivity contribution in [2.24, 2.45) is 0 Å². The summed E-state index contributed by atoms with van der Waals surface area (Å²) in [5.74, 6) is 0. The van der Waals surface area contributed by atoms with Crippen molar-refractivity contribution in [1.82, 2.24) is 0 Å². The summed E-state index contributed by atoms with van der Waals surface area (Å²) in [6, 6.07) is 0. The highest BCUT2D eigenvalue weighted by Crippen LogP contribution is 2.01. The van der Waals surface area contributed by atoms with Crippen LogP contribution in [0.4, 0.5) is 0 Å². The van der Waals surface area contributed by atoms with E-state index in [9.17, 15) is 0 Å². The molecule has 13 nitrogen and oxygen atoms in total. The lowest BCUT2D eigenvalue weighted by atomic mass is 10.6. The van der Waals surface area contributed by atoms with Crippen molar-refractivity contribution in [3.8, 4) is 0 Å². The van der Waals surface area contributed by atoms with E-state index in [-0.39, 0.29) is 0 Å². The first-order chi connectivity index (χ1) is 21.6. The molecule has 266 valence electrons. The molecule has 0 radical (unpaired) electrons. The number of ether oxygens (including phenoxy) is 12. The summed E-state index contributed by atoms with van der Waals surface area (Å²) in [6.07, 6.45) is 0. The third-order valence-corrected chi connectivity index (χ3v) is 6.47. The Balaban J connectivity index is 3.05. The smallest absolute Gasteiger partial charge is 0.183 e. The molecule has 0 amide bonds. The van der Waals surface area contributed by atoms with Crippen LogP contribution in [-0.2, 0) is 61.3 Å². The molecule has 0 heterocycles. The first-order valence-electron chi connectivity index (χ1n) is 15.7. The van der Waals surface area contributed by atoms with Gasteiger partial charge in [-0.15, -0.1) is 0 Å². The molecule has 0 aliphatic heterocycles. The fraction of sp³-hybridized carbons (Fsp3) is 1.00. The third kappa shape index (κ3) is 42.2. The van der Waals surface area contributed by atoms with Crippen LogP contribution >= 0.6 is 15.9 Å². The zero-order chi connectivity index (χ0) is 32.1. The summed E-state index contributed by atoms with van der Waals surface area (Å²) in [4.78, 5) is 0. The number of halogens is 1. The van der Waals surface area contributed by atoms with E-state index in [1.807, 2.05) is 0 Å². The SMILES string of the molecule is C[Si](C)(C)OCCOCCOCCOCCOCCOCCOCCOCCOCCOCCOCCOCCOCCBr. The quantitative estimate of drug-likeness (QED) is 0.0525.